The third-order valence-electron chi connectivity index (χ3n) is 13.4. The molecule has 0 saturated heterocycles. The fraction of sp³-hybridized carbons (Fsp3) is 0.185. The summed E-state index contributed by atoms with van der Waals surface area (Å²) in [5.74, 6) is 1.71. The molecule has 0 aliphatic heterocycles. The maximum absolute atomic E-state index is 9.16. The van der Waals surface area contributed by atoms with E-state index in [1.165, 1.54) is 77.9 Å². The molecule has 0 radical (unpaired) electrons. The van der Waals surface area contributed by atoms with Crippen molar-refractivity contribution in [3.63, 3.8) is 0 Å². The first-order chi connectivity index (χ1) is 28.7. The van der Waals surface area contributed by atoms with Crippen LogP contribution < -0.4 is 0 Å². The zero-order chi connectivity index (χ0) is 41.9. The van der Waals surface area contributed by atoms with Crippen LogP contribution in [0.25, 0.3) is 67.1 Å². The monoisotopic (exact) mass is 916 g/mol. The quantitative estimate of drug-likeness (QED) is 0.155. The first kappa shape index (κ1) is 39.7. The summed E-state index contributed by atoms with van der Waals surface area (Å²) in [6.07, 6.45) is 8.57. The van der Waals surface area contributed by atoms with Gasteiger partial charge in [0.15, 0.2) is 0 Å². The number of allylic oxidation sites excluding steroid dienone is 2. The van der Waals surface area contributed by atoms with E-state index in [9.17, 15) is 0 Å². The number of hydrogen-bond donors (Lipinski definition) is 0. The topological polar surface area (TPSA) is 26.3 Å². The Hall–Kier alpha value is -4.44. The van der Waals surface area contributed by atoms with Gasteiger partial charge in [-0.25, -0.2) is 0 Å². The second kappa shape index (κ2) is 14.3. The van der Waals surface area contributed by atoms with Crippen LogP contribution in [-0.4, -0.2) is 5.43 Å². The molecule has 6 heteroatoms. The Balaban J connectivity index is 1.32. The Morgan fingerprint density at radius 2 is 0.883 bits per heavy atom. The van der Waals surface area contributed by atoms with Crippen molar-refractivity contribution < 1.29 is 23.8 Å². The number of hydrogen-bond acceptors (Lipinski definition) is 2. The van der Waals surface area contributed by atoms with Crippen molar-refractivity contribution in [2.24, 2.45) is 0 Å². The molecule has 0 saturated carbocycles. The molecule has 60 heavy (non-hydrogen) atoms. The van der Waals surface area contributed by atoms with Gasteiger partial charge < -0.3 is 0 Å². The van der Waals surface area contributed by atoms with E-state index in [1.807, 2.05) is 12.5 Å². The van der Waals surface area contributed by atoms with Crippen molar-refractivity contribution in [2.45, 2.75) is 61.9 Å². The van der Waals surface area contributed by atoms with Crippen molar-refractivity contribution in [3.8, 4) is 22.3 Å². The standard InChI is InChI=1S/2C26H21O.C2H6Si.2ClH.Zr/c2*1-16-10-17(2)12-21(11-16)25-18(3)8-9-19-13-22(14-24(19)25)26-23-7-5-4-6-20(23)15-27-26;1-3-2;;;/h2*4-15H,1-3H3;1-2H3;2*1H;/q;;;;;+2/p-2. The van der Waals surface area contributed by atoms with E-state index in [0.29, 0.717) is 0 Å². The predicted molar refractivity (Wildman–Crippen MR) is 255 cm³/mol. The average Bonchev–Trinajstić information content (AvgIpc) is 3.99. The Kier molecular flexibility index (Phi) is 9.47. The van der Waals surface area contributed by atoms with Gasteiger partial charge in [-0.2, -0.15) is 0 Å². The van der Waals surface area contributed by atoms with E-state index in [4.69, 9.17) is 25.9 Å². The predicted octanol–water partition coefficient (Wildman–Crippen LogP) is 16.5. The number of benzene rings is 6. The van der Waals surface area contributed by atoms with E-state index in [-0.39, 0.29) is 7.25 Å². The van der Waals surface area contributed by atoms with Gasteiger partial charge in [-0.3, -0.25) is 0 Å². The molecule has 2 aromatic heterocycles. The fourth-order valence-electron chi connectivity index (χ4n) is 10.8. The Labute approximate surface area is 361 Å². The van der Waals surface area contributed by atoms with Crippen LogP contribution in [0, 0.1) is 41.5 Å². The van der Waals surface area contributed by atoms with E-state index in [0.717, 1.165) is 44.2 Å². The van der Waals surface area contributed by atoms with Gasteiger partial charge in [0.25, 0.3) is 0 Å². The van der Waals surface area contributed by atoms with E-state index in [2.05, 4.69) is 176 Å². The summed E-state index contributed by atoms with van der Waals surface area (Å²) in [5, 5.41) is 4.28. The van der Waals surface area contributed by atoms with Crippen molar-refractivity contribution in [1.29, 1.82) is 0 Å². The number of fused-ring (bicyclic) bond motifs is 4. The number of rotatable bonds is 6. The van der Waals surface area contributed by atoms with Crippen LogP contribution in [0.2, 0.25) is 13.1 Å². The second-order valence-corrected chi connectivity index (χ2v) is 56.6. The Morgan fingerprint density at radius 1 is 0.500 bits per heavy atom. The summed E-state index contributed by atoms with van der Waals surface area (Å²) >= 11 is -5.55. The van der Waals surface area contributed by atoms with Gasteiger partial charge in [0.2, 0.25) is 0 Å². The van der Waals surface area contributed by atoms with Crippen molar-refractivity contribution >= 4 is 67.3 Å². The summed E-state index contributed by atoms with van der Waals surface area (Å²) in [6.45, 7) is 17.9. The molecule has 2 aliphatic carbocycles. The van der Waals surface area contributed by atoms with Gasteiger partial charge in [0.05, 0.1) is 0 Å². The van der Waals surface area contributed by atoms with Crippen molar-refractivity contribution in [3.05, 3.63) is 189 Å². The first-order valence-electron chi connectivity index (χ1n) is 20.9. The molecule has 2 atom stereocenters. The maximum atomic E-state index is 9.16. The van der Waals surface area contributed by atoms with Crippen LogP contribution in [0.4, 0.5) is 0 Å². The van der Waals surface area contributed by atoms with E-state index < -0.39 is 20.4 Å². The number of halogens is 2. The third kappa shape index (κ3) is 5.96. The SMILES string of the molecule is Cc1cc(C)cc(-c2c(C)ccc3c2C=C(c2occ4ccccc24)[CH]3[Zr]([Cl])([Cl])([CH]2C(c3occ4ccccc34)=Cc3c2ccc(C)c3-c2cc(C)cc(C)c2)=[Si](C)C)c1. The van der Waals surface area contributed by atoms with E-state index >= 15 is 0 Å². The molecular formula is C54H48Cl2O2SiZr. The molecule has 0 spiro atoms. The Morgan fingerprint density at radius 3 is 1.27 bits per heavy atom. The minimum absolute atomic E-state index is 0.278. The Bertz CT molecular complexity index is 3030. The first-order valence-corrected chi connectivity index (χ1v) is 36.3. The van der Waals surface area contributed by atoms with Crippen LogP contribution in [0.1, 0.15) is 74.4 Å². The molecule has 2 heterocycles. The van der Waals surface area contributed by atoms with Gasteiger partial charge in [-0.05, 0) is 0 Å². The summed E-state index contributed by atoms with van der Waals surface area (Å²) < 4.78 is 12.9. The van der Waals surface area contributed by atoms with Crippen LogP contribution in [-0.2, 0) is 15.0 Å². The summed E-state index contributed by atoms with van der Waals surface area (Å²) in [4.78, 5) is 0. The summed E-state index contributed by atoms with van der Waals surface area (Å²) in [7, 11) is 18.3. The molecule has 10 rings (SSSR count). The van der Waals surface area contributed by atoms with Gasteiger partial charge >= 0.3 is 364 Å². The zero-order valence-electron chi connectivity index (χ0n) is 35.4. The molecule has 2 unspecified atom stereocenters. The molecule has 0 amide bonds. The number of aryl methyl sites for hydroxylation is 6. The van der Waals surface area contributed by atoms with Gasteiger partial charge in [-0.15, -0.1) is 0 Å². The minimum atomic E-state index is -5.55. The van der Waals surface area contributed by atoms with Crippen molar-refractivity contribution in [1.82, 2.24) is 0 Å². The van der Waals surface area contributed by atoms with Gasteiger partial charge in [-0.1, -0.05) is 0 Å². The molecule has 0 fully saturated rings. The van der Waals surface area contributed by atoms with E-state index in [1.54, 1.807) is 0 Å². The second-order valence-electron chi connectivity index (χ2n) is 17.8. The molecule has 8 aromatic rings. The van der Waals surface area contributed by atoms with Gasteiger partial charge in [0, 0.05) is 0 Å². The van der Waals surface area contributed by atoms with Crippen LogP contribution >= 0.6 is 17.0 Å². The molecular weight excluding hydrogens is 871 g/mol. The number of furan rings is 2. The normalized spacial score (nSPS) is 16.3. The molecule has 2 nitrogen and oxygen atoms in total. The summed E-state index contributed by atoms with van der Waals surface area (Å²) in [6, 6.07) is 39.9. The molecule has 0 bridgehead atoms. The third-order valence-corrected chi connectivity index (χ3v) is 59.7. The average molecular weight is 919 g/mol. The van der Waals surface area contributed by atoms with Gasteiger partial charge in [0.1, 0.15) is 0 Å². The zero-order valence-corrected chi connectivity index (χ0v) is 40.4. The summed E-state index contributed by atoms with van der Waals surface area (Å²) in [5.41, 5.74) is 17.7. The fourth-order valence-corrected chi connectivity index (χ4v) is 38.5. The molecule has 2 aliphatic rings. The van der Waals surface area contributed by atoms with Crippen molar-refractivity contribution in [2.75, 3.05) is 0 Å². The molecule has 6 aromatic carbocycles. The van der Waals surface area contributed by atoms with Crippen LogP contribution in [0.5, 0.6) is 0 Å². The van der Waals surface area contributed by atoms with Crippen LogP contribution in [0.15, 0.2) is 131 Å². The van der Waals surface area contributed by atoms with Crippen LogP contribution in [0.3, 0.4) is 0 Å². The molecule has 0 N–H and O–H groups in total. The molecule has 298 valence electrons.